The van der Waals surface area contributed by atoms with E-state index >= 15 is 0 Å². The largest absolute Gasteiger partial charge is 0.341 e. The molecule has 0 bridgehead atoms. The van der Waals surface area contributed by atoms with E-state index < -0.39 is 0 Å². The minimum atomic E-state index is -0.128. The SMILES string of the molecule is Cc1cccc(CN(C)C(=O)[C@@]23CCCC[C@H]2CNC3)c1.Cl. The van der Waals surface area contributed by atoms with E-state index in [1.54, 1.807) is 0 Å². The summed E-state index contributed by atoms with van der Waals surface area (Å²) in [6, 6.07) is 8.45. The Morgan fingerprint density at radius 2 is 2.23 bits per heavy atom. The Morgan fingerprint density at radius 3 is 3.00 bits per heavy atom. The van der Waals surface area contributed by atoms with Crippen LogP contribution in [0.15, 0.2) is 24.3 Å². The summed E-state index contributed by atoms with van der Waals surface area (Å²) < 4.78 is 0. The van der Waals surface area contributed by atoms with Gasteiger partial charge in [0, 0.05) is 20.1 Å². The van der Waals surface area contributed by atoms with Gasteiger partial charge in [0.1, 0.15) is 0 Å². The molecular weight excluding hydrogens is 296 g/mol. The molecule has 1 aliphatic carbocycles. The number of fused-ring (bicyclic) bond motifs is 1. The minimum Gasteiger partial charge on any atom is -0.341 e. The van der Waals surface area contributed by atoms with Gasteiger partial charge in [0.25, 0.3) is 0 Å². The number of hydrogen-bond donors (Lipinski definition) is 1. The molecule has 3 rings (SSSR count). The van der Waals surface area contributed by atoms with Gasteiger partial charge in [-0.2, -0.15) is 0 Å². The summed E-state index contributed by atoms with van der Waals surface area (Å²) in [5.41, 5.74) is 2.35. The van der Waals surface area contributed by atoms with Gasteiger partial charge in [-0.1, -0.05) is 42.7 Å². The van der Waals surface area contributed by atoms with Crippen LogP contribution < -0.4 is 5.32 Å². The van der Waals surface area contributed by atoms with E-state index in [4.69, 9.17) is 0 Å². The van der Waals surface area contributed by atoms with Gasteiger partial charge in [0.2, 0.25) is 5.91 Å². The molecular formula is C18H27ClN2O. The summed E-state index contributed by atoms with van der Waals surface area (Å²) in [5.74, 6) is 0.886. The van der Waals surface area contributed by atoms with Crippen LogP contribution in [0.1, 0.15) is 36.8 Å². The Labute approximate surface area is 139 Å². The van der Waals surface area contributed by atoms with Gasteiger partial charge in [0.15, 0.2) is 0 Å². The van der Waals surface area contributed by atoms with Crippen molar-refractivity contribution in [2.45, 2.75) is 39.2 Å². The van der Waals surface area contributed by atoms with Crippen molar-refractivity contribution in [1.82, 2.24) is 10.2 Å². The molecule has 0 spiro atoms. The quantitative estimate of drug-likeness (QED) is 0.927. The van der Waals surface area contributed by atoms with E-state index in [0.29, 0.717) is 11.8 Å². The number of nitrogens with zero attached hydrogens (tertiary/aromatic N) is 1. The lowest BCUT2D eigenvalue weighted by molar-refractivity contribution is -0.144. The number of nitrogens with one attached hydrogen (secondary N) is 1. The fraction of sp³-hybridized carbons (Fsp3) is 0.611. The lowest BCUT2D eigenvalue weighted by atomic mass is 9.67. The molecule has 122 valence electrons. The van der Waals surface area contributed by atoms with E-state index in [9.17, 15) is 4.79 Å². The summed E-state index contributed by atoms with van der Waals surface area (Å²) >= 11 is 0. The van der Waals surface area contributed by atoms with E-state index in [1.807, 2.05) is 11.9 Å². The maximum atomic E-state index is 13.1. The second-order valence-electron chi connectivity index (χ2n) is 6.88. The molecule has 3 nitrogen and oxygen atoms in total. The molecule has 22 heavy (non-hydrogen) atoms. The number of aryl methyl sites for hydroxylation is 1. The minimum absolute atomic E-state index is 0. The Bertz CT molecular complexity index is 534. The predicted molar refractivity (Wildman–Crippen MR) is 92.2 cm³/mol. The number of rotatable bonds is 3. The van der Waals surface area contributed by atoms with Gasteiger partial charge in [0.05, 0.1) is 5.41 Å². The number of halogens is 1. The maximum Gasteiger partial charge on any atom is 0.230 e. The van der Waals surface area contributed by atoms with Crippen LogP contribution in [0.5, 0.6) is 0 Å². The molecule has 4 heteroatoms. The Hall–Kier alpha value is -1.06. The fourth-order valence-corrected chi connectivity index (χ4v) is 4.20. The zero-order valence-corrected chi connectivity index (χ0v) is 14.4. The molecule has 0 unspecified atom stereocenters. The van der Waals surface area contributed by atoms with Gasteiger partial charge in [-0.05, 0) is 37.8 Å². The first kappa shape index (κ1) is 17.3. The van der Waals surface area contributed by atoms with Gasteiger partial charge in [-0.25, -0.2) is 0 Å². The van der Waals surface area contributed by atoms with Crippen molar-refractivity contribution in [1.29, 1.82) is 0 Å². The molecule has 1 N–H and O–H groups in total. The molecule has 1 heterocycles. The lowest BCUT2D eigenvalue weighted by Crippen LogP contribution is -2.48. The van der Waals surface area contributed by atoms with Gasteiger partial charge in [-0.3, -0.25) is 4.79 Å². The topological polar surface area (TPSA) is 32.3 Å². The number of carbonyl (C=O) groups is 1. The number of benzene rings is 1. The van der Waals surface area contributed by atoms with Crippen molar-refractivity contribution in [3.63, 3.8) is 0 Å². The lowest BCUT2D eigenvalue weighted by Gasteiger charge is -2.39. The highest BCUT2D eigenvalue weighted by Gasteiger charge is 2.50. The molecule has 1 aromatic carbocycles. The maximum absolute atomic E-state index is 13.1. The Morgan fingerprint density at radius 1 is 1.41 bits per heavy atom. The molecule has 2 atom stereocenters. The highest BCUT2D eigenvalue weighted by molar-refractivity contribution is 5.85. The van der Waals surface area contributed by atoms with Crippen LogP contribution >= 0.6 is 12.4 Å². The molecule has 1 aromatic rings. The third-order valence-electron chi connectivity index (χ3n) is 5.31. The summed E-state index contributed by atoms with van der Waals surface area (Å²) in [4.78, 5) is 15.0. The predicted octanol–water partition coefficient (Wildman–Crippen LogP) is 3.16. The van der Waals surface area contributed by atoms with Crippen molar-refractivity contribution in [3.8, 4) is 0 Å². The van der Waals surface area contributed by atoms with Crippen molar-refractivity contribution < 1.29 is 4.79 Å². The van der Waals surface area contributed by atoms with Crippen LogP contribution in [0, 0.1) is 18.3 Å². The van der Waals surface area contributed by atoms with Crippen LogP contribution in [-0.4, -0.2) is 30.9 Å². The van der Waals surface area contributed by atoms with E-state index in [2.05, 4.69) is 36.5 Å². The van der Waals surface area contributed by atoms with Crippen LogP contribution in [0.2, 0.25) is 0 Å². The summed E-state index contributed by atoms with van der Waals surface area (Å²) in [6.07, 6.45) is 4.74. The smallest absolute Gasteiger partial charge is 0.230 e. The standard InChI is InChI=1S/C18H26N2O.ClH/c1-14-6-5-7-15(10-14)12-20(2)17(21)18-9-4-3-8-16(18)11-19-13-18;/h5-7,10,16,19H,3-4,8-9,11-13H2,1-2H3;1H/t16-,18+;/m0./s1. The third kappa shape index (κ3) is 3.16. The first-order valence-corrected chi connectivity index (χ1v) is 8.14. The van der Waals surface area contributed by atoms with Crippen LogP contribution in [0.25, 0.3) is 0 Å². The first-order valence-electron chi connectivity index (χ1n) is 8.14. The Balaban J connectivity index is 0.00000176. The average molecular weight is 323 g/mol. The molecule has 2 aliphatic rings. The fourth-order valence-electron chi connectivity index (χ4n) is 4.20. The van der Waals surface area contributed by atoms with Gasteiger partial charge >= 0.3 is 0 Å². The first-order chi connectivity index (χ1) is 10.1. The van der Waals surface area contributed by atoms with E-state index in [0.717, 1.165) is 26.1 Å². The number of hydrogen-bond acceptors (Lipinski definition) is 2. The second kappa shape index (κ2) is 7.01. The van der Waals surface area contributed by atoms with Crippen molar-refractivity contribution in [2.24, 2.45) is 11.3 Å². The normalized spacial score (nSPS) is 26.9. The van der Waals surface area contributed by atoms with Crippen LogP contribution in [0.3, 0.4) is 0 Å². The number of amides is 1. The molecule has 1 aliphatic heterocycles. The van der Waals surface area contributed by atoms with Gasteiger partial charge < -0.3 is 10.2 Å². The van der Waals surface area contributed by atoms with E-state index in [-0.39, 0.29) is 17.8 Å². The molecule has 0 aromatic heterocycles. The van der Waals surface area contributed by atoms with Crippen LogP contribution in [-0.2, 0) is 11.3 Å². The zero-order valence-electron chi connectivity index (χ0n) is 13.6. The number of carbonyl (C=O) groups excluding carboxylic acids is 1. The summed E-state index contributed by atoms with van der Waals surface area (Å²) in [6.45, 7) is 4.70. The average Bonchev–Trinajstić information content (AvgIpc) is 2.91. The molecule has 1 amide bonds. The Kier molecular flexibility index (Phi) is 5.51. The molecule has 1 saturated heterocycles. The highest BCUT2D eigenvalue weighted by atomic mass is 35.5. The van der Waals surface area contributed by atoms with Crippen molar-refractivity contribution in [2.75, 3.05) is 20.1 Å². The highest BCUT2D eigenvalue weighted by Crippen LogP contribution is 2.45. The third-order valence-corrected chi connectivity index (χ3v) is 5.31. The van der Waals surface area contributed by atoms with Crippen LogP contribution in [0.4, 0.5) is 0 Å². The second-order valence-corrected chi connectivity index (χ2v) is 6.88. The van der Waals surface area contributed by atoms with Gasteiger partial charge in [-0.15, -0.1) is 12.4 Å². The van der Waals surface area contributed by atoms with Crippen molar-refractivity contribution in [3.05, 3.63) is 35.4 Å². The molecule has 2 fully saturated rings. The monoisotopic (exact) mass is 322 g/mol. The zero-order chi connectivity index (χ0) is 14.9. The summed E-state index contributed by atoms with van der Waals surface area (Å²) in [7, 11) is 1.96. The molecule has 1 saturated carbocycles. The summed E-state index contributed by atoms with van der Waals surface area (Å²) in [5, 5.41) is 3.47. The van der Waals surface area contributed by atoms with E-state index in [1.165, 1.54) is 30.4 Å². The molecule has 0 radical (unpaired) electrons. The van der Waals surface area contributed by atoms with Crippen molar-refractivity contribution >= 4 is 18.3 Å².